The summed E-state index contributed by atoms with van der Waals surface area (Å²) in [5.74, 6) is -2.23. The molecule has 1 fully saturated rings. The summed E-state index contributed by atoms with van der Waals surface area (Å²) in [5.41, 5.74) is 0.514. The fourth-order valence-corrected chi connectivity index (χ4v) is 4.62. The number of benzene rings is 2. The van der Waals surface area contributed by atoms with E-state index in [0.29, 0.717) is 11.3 Å². The van der Waals surface area contributed by atoms with Gasteiger partial charge in [-0.1, -0.05) is 28.1 Å². The van der Waals surface area contributed by atoms with E-state index in [1.165, 1.54) is 34.8 Å². The van der Waals surface area contributed by atoms with Crippen molar-refractivity contribution in [2.75, 3.05) is 13.7 Å². The van der Waals surface area contributed by atoms with Gasteiger partial charge in [0.1, 0.15) is 24.6 Å². The Morgan fingerprint density at radius 3 is 2.03 bits per heavy atom. The molecule has 3 rings (SSSR count). The van der Waals surface area contributed by atoms with Gasteiger partial charge in [-0.3, -0.25) is 19.2 Å². The molecule has 0 amide bonds. The summed E-state index contributed by atoms with van der Waals surface area (Å²) in [7, 11) is 1.48. The van der Waals surface area contributed by atoms with Crippen molar-refractivity contribution >= 4 is 50.6 Å². The Morgan fingerprint density at radius 1 is 0.833 bits per heavy atom. The Hall–Kier alpha value is -3.18. The largest absolute Gasteiger partial charge is 0.496 e. The van der Waals surface area contributed by atoms with Crippen molar-refractivity contribution in [3.05, 3.63) is 40.4 Å². The minimum absolute atomic E-state index is 0.313. The highest BCUT2D eigenvalue weighted by molar-refractivity contribution is 9.10. The topological polar surface area (TPSA) is 124 Å². The number of halogens is 1. The van der Waals surface area contributed by atoms with E-state index >= 15 is 0 Å². The van der Waals surface area contributed by atoms with Crippen molar-refractivity contribution in [2.45, 2.75) is 58.2 Å². The van der Waals surface area contributed by atoms with Crippen molar-refractivity contribution in [1.29, 1.82) is 0 Å². The van der Waals surface area contributed by atoms with Gasteiger partial charge in [0.05, 0.1) is 7.11 Å². The number of hydrogen-bond acceptors (Lipinski definition) is 10. The molecule has 1 heterocycles. The number of fused-ring (bicyclic) bond motifs is 1. The molecule has 36 heavy (non-hydrogen) atoms. The lowest BCUT2D eigenvalue weighted by atomic mass is 9.87. The van der Waals surface area contributed by atoms with E-state index in [4.69, 9.17) is 28.4 Å². The van der Waals surface area contributed by atoms with Gasteiger partial charge in [-0.25, -0.2) is 0 Å². The third kappa shape index (κ3) is 6.33. The Morgan fingerprint density at radius 2 is 1.44 bits per heavy atom. The molecule has 1 saturated heterocycles. The Bertz CT molecular complexity index is 1160. The minimum Gasteiger partial charge on any atom is -0.496 e. The molecule has 0 spiro atoms. The normalized spacial score (nSPS) is 23.4. The number of methoxy groups -OCH3 is 1. The summed E-state index contributed by atoms with van der Waals surface area (Å²) in [5, 5.41) is 1.55. The minimum atomic E-state index is -1.27. The lowest BCUT2D eigenvalue weighted by molar-refractivity contribution is -0.254. The number of hydrogen-bond donors (Lipinski definition) is 0. The van der Waals surface area contributed by atoms with Crippen molar-refractivity contribution in [3.8, 4) is 5.75 Å². The second kappa shape index (κ2) is 11.7. The molecule has 0 aromatic heterocycles. The number of carbonyl (C=O) groups excluding carboxylic acids is 4. The number of rotatable bonds is 7. The zero-order chi connectivity index (χ0) is 26.6. The summed E-state index contributed by atoms with van der Waals surface area (Å²) in [6.07, 6.45) is -5.85. The first kappa shape index (κ1) is 27.4. The molecule has 0 aliphatic carbocycles. The second-order valence-corrected chi connectivity index (χ2v) is 9.08. The molecule has 0 radical (unpaired) electrons. The van der Waals surface area contributed by atoms with Crippen LogP contribution in [0.4, 0.5) is 0 Å². The summed E-state index contributed by atoms with van der Waals surface area (Å²) in [4.78, 5) is 47.8. The fraction of sp³-hybridized carbons (Fsp3) is 0.440. The zero-order valence-corrected chi connectivity index (χ0v) is 22.0. The van der Waals surface area contributed by atoms with Gasteiger partial charge in [0, 0.05) is 37.7 Å². The molecule has 1 aliphatic rings. The van der Waals surface area contributed by atoms with Gasteiger partial charge in [-0.05, 0) is 29.0 Å². The lowest BCUT2D eigenvalue weighted by Gasteiger charge is -2.45. The first-order valence-electron chi connectivity index (χ1n) is 11.1. The van der Waals surface area contributed by atoms with Crippen LogP contribution >= 0.6 is 15.9 Å². The standard InChI is InChI=1S/C25H27BrO10/c1-12(27)32-11-20-22(33-13(2)28)24(34-14(3)29)25(35-15(4)30)23(36-20)21-18-8-7-17(26)10-16(18)6-9-19(21)31-5/h6-10,20,22-25H,11H2,1-5H3/t20-,22+,23+,24+,25+/m1/s1. The molecular weight excluding hydrogens is 540 g/mol. The first-order valence-corrected chi connectivity index (χ1v) is 11.9. The van der Waals surface area contributed by atoms with E-state index in [0.717, 1.165) is 15.2 Å². The van der Waals surface area contributed by atoms with Crippen LogP contribution in [0.25, 0.3) is 10.8 Å². The van der Waals surface area contributed by atoms with Crippen LogP contribution < -0.4 is 4.74 Å². The summed E-state index contributed by atoms with van der Waals surface area (Å²) in [6.45, 7) is 4.46. The van der Waals surface area contributed by atoms with Crippen molar-refractivity contribution in [2.24, 2.45) is 0 Å². The van der Waals surface area contributed by atoms with Gasteiger partial charge >= 0.3 is 23.9 Å². The number of ether oxygens (including phenoxy) is 6. The van der Waals surface area contributed by atoms with Crippen LogP contribution in [0.15, 0.2) is 34.8 Å². The summed E-state index contributed by atoms with van der Waals surface area (Å²) < 4.78 is 34.6. The van der Waals surface area contributed by atoms with Gasteiger partial charge in [0.25, 0.3) is 0 Å². The number of esters is 4. The molecule has 10 nitrogen and oxygen atoms in total. The van der Waals surface area contributed by atoms with Crippen LogP contribution in [0.1, 0.15) is 39.4 Å². The third-order valence-corrected chi connectivity index (χ3v) is 5.97. The maximum absolute atomic E-state index is 12.2. The van der Waals surface area contributed by atoms with Gasteiger partial charge in [-0.15, -0.1) is 0 Å². The molecule has 2 aromatic carbocycles. The monoisotopic (exact) mass is 566 g/mol. The second-order valence-electron chi connectivity index (χ2n) is 8.17. The predicted molar refractivity (Wildman–Crippen MR) is 129 cm³/mol. The van der Waals surface area contributed by atoms with Crippen molar-refractivity contribution in [3.63, 3.8) is 0 Å². The van der Waals surface area contributed by atoms with Crippen LogP contribution in [-0.2, 0) is 42.9 Å². The molecule has 11 heteroatoms. The molecule has 194 valence electrons. The highest BCUT2D eigenvalue weighted by Gasteiger charge is 2.53. The van der Waals surface area contributed by atoms with E-state index in [9.17, 15) is 19.2 Å². The smallest absolute Gasteiger partial charge is 0.303 e. The average molecular weight is 567 g/mol. The Kier molecular flexibility index (Phi) is 8.91. The molecule has 5 atom stereocenters. The molecular formula is C25H27BrO10. The first-order chi connectivity index (χ1) is 17.0. The molecule has 0 bridgehead atoms. The van der Waals surface area contributed by atoms with Crippen LogP contribution in [0.2, 0.25) is 0 Å². The fourth-order valence-electron chi connectivity index (χ4n) is 4.24. The van der Waals surface area contributed by atoms with E-state index < -0.39 is 54.4 Å². The van der Waals surface area contributed by atoms with Crippen molar-refractivity contribution in [1.82, 2.24) is 0 Å². The summed E-state index contributed by atoms with van der Waals surface area (Å²) in [6, 6.07) is 9.15. The molecule has 0 N–H and O–H groups in total. The molecule has 1 aliphatic heterocycles. The molecule has 2 aromatic rings. The maximum Gasteiger partial charge on any atom is 0.303 e. The van der Waals surface area contributed by atoms with Crippen molar-refractivity contribution < 1.29 is 47.6 Å². The van der Waals surface area contributed by atoms with E-state index in [2.05, 4.69) is 15.9 Å². The van der Waals surface area contributed by atoms with Crippen LogP contribution in [-0.4, -0.2) is 62.0 Å². The SMILES string of the molecule is COc1ccc2cc(Br)ccc2c1[C@@H]1O[C@H](COC(C)=O)[C@H](OC(C)=O)[C@H](OC(C)=O)[C@H]1OC(C)=O. The molecule has 0 saturated carbocycles. The predicted octanol–water partition coefficient (Wildman–Crippen LogP) is 3.41. The number of carbonyl (C=O) groups is 4. The van der Waals surface area contributed by atoms with E-state index in [1.54, 1.807) is 6.07 Å². The van der Waals surface area contributed by atoms with Gasteiger partial charge < -0.3 is 28.4 Å². The Balaban J connectivity index is 2.24. The van der Waals surface area contributed by atoms with Crippen LogP contribution in [0.3, 0.4) is 0 Å². The third-order valence-electron chi connectivity index (χ3n) is 5.48. The van der Waals surface area contributed by atoms with Crippen LogP contribution in [0.5, 0.6) is 5.75 Å². The van der Waals surface area contributed by atoms with Gasteiger partial charge in [0.2, 0.25) is 0 Å². The quantitative estimate of drug-likeness (QED) is 0.363. The van der Waals surface area contributed by atoms with E-state index in [-0.39, 0.29) is 6.61 Å². The summed E-state index contributed by atoms with van der Waals surface area (Å²) >= 11 is 3.46. The lowest BCUT2D eigenvalue weighted by Crippen LogP contribution is -2.59. The van der Waals surface area contributed by atoms with Crippen LogP contribution in [0, 0.1) is 0 Å². The maximum atomic E-state index is 12.2. The Labute approximate surface area is 216 Å². The molecule has 0 unspecified atom stereocenters. The zero-order valence-electron chi connectivity index (χ0n) is 20.4. The average Bonchev–Trinajstić information content (AvgIpc) is 2.78. The highest BCUT2D eigenvalue weighted by Crippen LogP contribution is 2.44. The highest BCUT2D eigenvalue weighted by atomic mass is 79.9. The van der Waals surface area contributed by atoms with Gasteiger partial charge in [0.15, 0.2) is 18.3 Å². The van der Waals surface area contributed by atoms with E-state index in [1.807, 2.05) is 24.3 Å². The van der Waals surface area contributed by atoms with Gasteiger partial charge in [-0.2, -0.15) is 0 Å².